The van der Waals surface area contributed by atoms with Crippen molar-refractivity contribution in [3.8, 4) is 0 Å². The molecule has 0 aromatic carbocycles. The van der Waals surface area contributed by atoms with Gasteiger partial charge >= 0.3 is 0 Å². The van der Waals surface area contributed by atoms with Gasteiger partial charge in [0.1, 0.15) is 5.76 Å². The van der Waals surface area contributed by atoms with Crippen molar-refractivity contribution in [1.29, 1.82) is 0 Å². The van der Waals surface area contributed by atoms with E-state index in [1.54, 1.807) is 17.6 Å². The number of furan rings is 1. The normalized spacial score (nSPS) is 10.9. The van der Waals surface area contributed by atoms with E-state index in [4.69, 9.17) is 10.2 Å². The Morgan fingerprint density at radius 3 is 3.06 bits per heavy atom. The Morgan fingerprint density at radius 1 is 1.39 bits per heavy atom. The Balaban J connectivity index is 2.00. The molecular weight excluding hydrogens is 248 g/mol. The molecule has 0 aliphatic heterocycles. The van der Waals surface area contributed by atoms with Crippen LogP contribution in [-0.4, -0.2) is 17.0 Å². The van der Waals surface area contributed by atoms with Crippen LogP contribution in [0.15, 0.2) is 34.3 Å². The van der Waals surface area contributed by atoms with Crippen LogP contribution in [0.2, 0.25) is 0 Å². The molecule has 3 aromatic heterocycles. The molecule has 0 aliphatic carbocycles. The summed E-state index contributed by atoms with van der Waals surface area (Å²) in [5, 5.41) is 1.99. The number of hydrogen-bond acceptors (Lipinski definition) is 6. The van der Waals surface area contributed by atoms with Crippen molar-refractivity contribution in [1.82, 2.24) is 9.97 Å². The number of nitrogens with zero attached hydrogens (tertiary/aromatic N) is 3. The monoisotopic (exact) mass is 260 g/mol. The molecule has 2 N–H and O–H groups in total. The summed E-state index contributed by atoms with van der Waals surface area (Å²) >= 11 is 1.61. The molecule has 0 saturated heterocycles. The lowest BCUT2D eigenvalue weighted by atomic mass is 10.4. The third kappa shape index (κ3) is 1.91. The molecule has 0 unspecified atom stereocenters. The van der Waals surface area contributed by atoms with E-state index in [0.29, 0.717) is 12.5 Å². The smallest absolute Gasteiger partial charge is 0.222 e. The second-order valence-electron chi connectivity index (χ2n) is 3.98. The van der Waals surface area contributed by atoms with Gasteiger partial charge in [-0.2, -0.15) is 4.98 Å². The van der Waals surface area contributed by atoms with Crippen LogP contribution in [0.1, 0.15) is 5.76 Å². The summed E-state index contributed by atoms with van der Waals surface area (Å²) in [4.78, 5) is 10.5. The summed E-state index contributed by atoms with van der Waals surface area (Å²) < 4.78 is 6.38. The molecule has 0 spiro atoms. The summed E-state index contributed by atoms with van der Waals surface area (Å²) in [5.74, 6) is 2.02. The summed E-state index contributed by atoms with van der Waals surface area (Å²) in [7, 11) is 1.96. The average molecular weight is 260 g/mol. The molecule has 0 fully saturated rings. The largest absolute Gasteiger partial charge is 0.467 e. The molecule has 92 valence electrons. The van der Waals surface area contributed by atoms with Gasteiger partial charge in [-0.1, -0.05) is 0 Å². The van der Waals surface area contributed by atoms with Gasteiger partial charge in [0.15, 0.2) is 5.82 Å². The van der Waals surface area contributed by atoms with Crippen molar-refractivity contribution in [3.05, 3.63) is 35.6 Å². The minimum Gasteiger partial charge on any atom is -0.467 e. The summed E-state index contributed by atoms with van der Waals surface area (Å²) in [5.41, 5.74) is 6.61. The van der Waals surface area contributed by atoms with Gasteiger partial charge in [0.05, 0.1) is 23.0 Å². The standard InChI is InChI=1S/C12H12N4OS/c1-16(7-8-3-2-5-17-8)11-10-9(4-6-18-10)14-12(13)15-11/h2-6H,7H2,1H3,(H2,13,14,15). The van der Waals surface area contributed by atoms with Crippen molar-refractivity contribution in [2.24, 2.45) is 0 Å². The highest BCUT2D eigenvalue weighted by molar-refractivity contribution is 7.17. The van der Waals surface area contributed by atoms with Crippen molar-refractivity contribution >= 4 is 33.3 Å². The Morgan fingerprint density at radius 2 is 2.28 bits per heavy atom. The van der Waals surface area contributed by atoms with Gasteiger partial charge in [0.25, 0.3) is 0 Å². The quantitative estimate of drug-likeness (QED) is 0.783. The summed E-state index contributed by atoms with van der Waals surface area (Å²) in [6.07, 6.45) is 1.66. The Hall–Kier alpha value is -2.08. The minimum atomic E-state index is 0.294. The van der Waals surface area contributed by atoms with Crippen molar-refractivity contribution < 1.29 is 4.42 Å². The van der Waals surface area contributed by atoms with E-state index in [1.165, 1.54) is 0 Å². The first-order valence-electron chi connectivity index (χ1n) is 5.48. The van der Waals surface area contributed by atoms with Gasteiger partial charge in [-0.05, 0) is 23.6 Å². The van der Waals surface area contributed by atoms with E-state index in [0.717, 1.165) is 21.8 Å². The van der Waals surface area contributed by atoms with Gasteiger partial charge in [0.2, 0.25) is 5.95 Å². The van der Waals surface area contributed by atoms with Crippen molar-refractivity contribution in [2.45, 2.75) is 6.54 Å². The molecule has 0 aliphatic rings. The lowest BCUT2D eigenvalue weighted by Gasteiger charge is -2.17. The maximum absolute atomic E-state index is 5.73. The van der Waals surface area contributed by atoms with E-state index in [1.807, 2.05) is 35.5 Å². The van der Waals surface area contributed by atoms with Gasteiger partial charge in [-0.15, -0.1) is 11.3 Å². The van der Waals surface area contributed by atoms with Gasteiger partial charge in [-0.25, -0.2) is 4.98 Å². The Bertz CT molecular complexity index is 662. The molecule has 18 heavy (non-hydrogen) atoms. The highest BCUT2D eigenvalue weighted by atomic mass is 32.1. The zero-order chi connectivity index (χ0) is 12.5. The second kappa shape index (κ2) is 4.30. The van der Waals surface area contributed by atoms with Crippen LogP contribution in [0.25, 0.3) is 10.2 Å². The van der Waals surface area contributed by atoms with E-state index >= 15 is 0 Å². The molecule has 3 rings (SSSR count). The number of rotatable bonds is 3. The molecular formula is C12H12N4OS. The van der Waals surface area contributed by atoms with Crippen molar-refractivity contribution in [3.63, 3.8) is 0 Å². The molecule has 3 heterocycles. The molecule has 0 bridgehead atoms. The predicted octanol–water partition coefficient (Wildman–Crippen LogP) is 2.50. The Labute approximate surface area is 108 Å². The third-order valence-electron chi connectivity index (χ3n) is 2.64. The number of nitrogen functional groups attached to an aromatic ring is 1. The second-order valence-corrected chi connectivity index (χ2v) is 4.89. The first-order chi connectivity index (χ1) is 8.74. The SMILES string of the molecule is CN(Cc1ccco1)c1nc(N)nc2ccsc12. The minimum absolute atomic E-state index is 0.294. The lowest BCUT2D eigenvalue weighted by Crippen LogP contribution is -2.18. The van der Waals surface area contributed by atoms with Crippen LogP contribution in [0.5, 0.6) is 0 Å². The Kier molecular flexibility index (Phi) is 2.64. The average Bonchev–Trinajstić information content (AvgIpc) is 2.97. The highest BCUT2D eigenvalue weighted by Gasteiger charge is 2.12. The molecule has 0 atom stereocenters. The van der Waals surface area contributed by atoms with Gasteiger partial charge < -0.3 is 15.1 Å². The molecule has 0 radical (unpaired) electrons. The third-order valence-corrected chi connectivity index (χ3v) is 3.54. The first kappa shape index (κ1) is 11.0. The number of hydrogen-bond donors (Lipinski definition) is 1. The fraction of sp³-hybridized carbons (Fsp3) is 0.167. The lowest BCUT2D eigenvalue weighted by molar-refractivity contribution is 0.507. The van der Waals surface area contributed by atoms with Crippen molar-refractivity contribution in [2.75, 3.05) is 17.7 Å². The zero-order valence-electron chi connectivity index (χ0n) is 9.83. The van der Waals surface area contributed by atoms with Crippen LogP contribution < -0.4 is 10.6 Å². The molecule has 3 aromatic rings. The van der Waals surface area contributed by atoms with Crippen LogP contribution in [0.4, 0.5) is 11.8 Å². The summed E-state index contributed by atoms with van der Waals surface area (Å²) in [6, 6.07) is 5.76. The van der Waals surface area contributed by atoms with Gasteiger partial charge in [-0.3, -0.25) is 0 Å². The van der Waals surface area contributed by atoms with E-state index in [2.05, 4.69) is 9.97 Å². The fourth-order valence-electron chi connectivity index (χ4n) is 1.84. The number of aromatic nitrogens is 2. The number of fused-ring (bicyclic) bond motifs is 1. The van der Waals surface area contributed by atoms with E-state index in [9.17, 15) is 0 Å². The number of thiophene rings is 1. The molecule has 6 heteroatoms. The van der Waals surface area contributed by atoms with E-state index < -0.39 is 0 Å². The topological polar surface area (TPSA) is 68.2 Å². The molecule has 5 nitrogen and oxygen atoms in total. The highest BCUT2D eigenvalue weighted by Crippen LogP contribution is 2.29. The number of anilines is 2. The maximum atomic E-state index is 5.73. The van der Waals surface area contributed by atoms with Crippen LogP contribution in [-0.2, 0) is 6.54 Å². The fourth-order valence-corrected chi connectivity index (χ4v) is 2.71. The first-order valence-corrected chi connectivity index (χ1v) is 6.36. The zero-order valence-corrected chi connectivity index (χ0v) is 10.6. The predicted molar refractivity (Wildman–Crippen MR) is 72.6 cm³/mol. The van der Waals surface area contributed by atoms with Gasteiger partial charge in [0, 0.05) is 7.05 Å². The maximum Gasteiger partial charge on any atom is 0.222 e. The van der Waals surface area contributed by atoms with Crippen LogP contribution in [0, 0.1) is 0 Å². The summed E-state index contributed by atoms with van der Waals surface area (Å²) in [6.45, 7) is 0.649. The van der Waals surface area contributed by atoms with Crippen LogP contribution >= 0.6 is 11.3 Å². The molecule has 0 amide bonds. The van der Waals surface area contributed by atoms with E-state index in [-0.39, 0.29) is 0 Å². The van der Waals surface area contributed by atoms with Crippen LogP contribution in [0.3, 0.4) is 0 Å². The molecule has 0 saturated carbocycles. The number of nitrogens with two attached hydrogens (primary N) is 1.